The second-order valence-corrected chi connectivity index (χ2v) is 6.44. The minimum Gasteiger partial charge on any atom is -0.457 e. The largest absolute Gasteiger partial charge is 0.457 e. The van der Waals surface area contributed by atoms with Gasteiger partial charge >= 0.3 is 0 Å². The minimum absolute atomic E-state index is 0.365. The third kappa shape index (κ3) is 4.04. The average molecular weight is 341 g/mol. The number of hydrogen-bond acceptors (Lipinski definition) is 3. The van der Waals surface area contributed by atoms with Crippen LogP contribution in [-0.2, 0) is 0 Å². The van der Waals surface area contributed by atoms with Crippen molar-refractivity contribution in [1.82, 2.24) is 9.80 Å². The Morgan fingerprint density at radius 1 is 0.958 bits per heavy atom. The SMILES string of the molecule is C[C@H](c1ccc(Oc2ccccc2)cc1)N1CCN(C(N)=S)CC1. The van der Waals surface area contributed by atoms with Gasteiger partial charge in [0.05, 0.1) is 0 Å². The van der Waals surface area contributed by atoms with Crippen LogP contribution in [0.15, 0.2) is 54.6 Å². The molecule has 24 heavy (non-hydrogen) atoms. The molecule has 0 amide bonds. The molecule has 2 aromatic rings. The fourth-order valence-electron chi connectivity index (χ4n) is 2.98. The van der Waals surface area contributed by atoms with Crippen molar-refractivity contribution in [3.8, 4) is 11.5 Å². The van der Waals surface area contributed by atoms with E-state index in [4.69, 9.17) is 22.7 Å². The molecule has 0 aromatic heterocycles. The lowest BCUT2D eigenvalue weighted by Gasteiger charge is -2.38. The molecule has 0 spiro atoms. The van der Waals surface area contributed by atoms with Crippen molar-refractivity contribution in [2.45, 2.75) is 13.0 Å². The van der Waals surface area contributed by atoms with Gasteiger partial charge in [0, 0.05) is 32.2 Å². The first-order valence-electron chi connectivity index (χ1n) is 8.25. The molecule has 0 radical (unpaired) electrons. The number of benzene rings is 2. The van der Waals surface area contributed by atoms with Crippen LogP contribution < -0.4 is 10.5 Å². The smallest absolute Gasteiger partial charge is 0.166 e. The Hall–Kier alpha value is -2.11. The standard InChI is InChI=1S/C19H23N3OS/c1-15(21-11-13-22(14-12-21)19(20)24)16-7-9-18(10-8-16)23-17-5-3-2-4-6-17/h2-10,15H,11-14H2,1H3,(H2,20,24)/t15-/m1/s1. The topological polar surface area (TPSA) is 41.7 Å². The molecule has 1 saturated heterocycles. The van der Waals surface area contributed by atoms with Crippen molar-refractivity contribution in [3.63, 3.8) is 0 Å². The number of hydrogen-bond donors (Lipinski definition) is 1. The molecular weight excluding hydrogens is 318 g/mol. The molecule has 2 aromatic carbocycles. The third-order valence-electron chi connectivity index (χ3n) is 4.52. The minimum atomic E-state index is 0.365. The predicted octanol–water partition coefficient (Wildman–Crippen LogP) is 3.40. The molecule has 1 heterocycles. The number of rotatable bonds is 4. The van der Waals surface area contributed by atoms with Crippen LogP contribution in [0.25, 0.3) is 0 Å². The van der Waals surface area contributed by atoms with E-state index in [1.807, 2.05) is 42.5 Å². The van der Waals surface area contributed by atoms with Crippen LogP contribution in [0.4, 0.5) is 0 Å². The Bertz CT molecular complexity index is 667. The lowest BCUT2D eigenvalue weighted by molar-refractivity contribution is 0.141. The van der Waals surface area contributed by atoms with Crippen molar-refractivity contribution >= 4 is 17.3 Å². The average Bonchev–Trinajstić information content (AvgIpc) is 2.63. The van der Waals surface area contributed by atoms with Gasteiger partial charge in [0.2, 0.25) is 0 Å². The van der Waals surface area contributed by atoms with E-state index in [1.165, 1.54) is 5.56 Å². The molecule has 4 nitrogen and oxygen atoms in total. The Labute approximate surface area is 148 Å². The molecule has 5 heteroatoms. The van der Waals surface area contributed by atoms with Crippen molar-refractivity contribution in [1.29, 1.82) is 0 Å². The molecular formula is C19H23N3OS. The quantitative estimate of drug-likeness (QED) is 0.863. The van der Waals surface area contributed by atoms with Gasteiger partial charge in [-0.3, -0.25) is 4.90 Å². The number of ether oxygens (including phenoxy) is 1. The Morgan fingerprint density at radius 2 is 1.54 bits per heavy atom. The highest BCUT2D eigenvalue weighted by Crippen LogP contribution is 2.26. The summed E-state index contributed by atoms with van der Waals surface area (Å²) in [6.45, 7) is 5.98. The Balaban J connectivity index is 1.60. The van der Waals surface area contributed by atoms with Crippen LogP contribution in [0.5, 0.6) is 11.5 Å². The lowest BCUT2D eigenvalue weighted by Crippen LogP contribution is -2.50. The van der Waals surface area contributed by atoms with E-state index in [0.717, 1.165) is 37.7 Å². The van der Waals surface area contributed by atoms with Gasteiger partial charge in [0.25, 0.3) is 0 Å². The summed E-state index contributed by atoms with van der Waals surface area (Å²) in [5.74, 6) is 1.71. The summed E-state index contributed by atoms with van der Waals surface area (Å²) < 4.78 is 5.85. The number of nitrogens with two attached hydrogens (primary N) is 1. The van der Waals surface area contributed by atoms with E-state index in [-0.39, 0.29) is 0 Å². The van der Waals surface area contributed by atoms with E-state index < -0.39 is 0 Å². The van der Waals surface area contributed by atoms with Gasteiger partial charge < -0.3 is 15.4 Å². The zero-order valence-corrected chi connectivity index (χ0v) is 14.7. The summed E-state index contributed by atoms with van der Waals surface area (Å²) >= 11 is 5.05. The zero-order valence-electron chi connectivity index (χ0n) is 13.9. The maximum absolute atomic E-state index is 5.85. The second-order valence-electron chi connectivity index (χ2n) is 6.02. The fraction of sp³-hybridized carbons (Fsp3) is 0.316. The molecule has 2 N–H and O–H groups in total. The highest BCUT2D eigenvalue weighted by molar-refractivity contribution is 7.80. The molecule has 1 aliphatic heterocycles. The van der Waals surface area contributed by atoms with E-state index in [2.05, 4.69) is 28.9 Å². The van der Waals surface area contributed by atoms with Gasteiger partial charge in [-0.05, 0) is 49.0 Å². The number of nitrogens with zero attached hydrogens (tertiary/aromatic N) is 2. The first-order chi connectivity index (χ1) is 11.6. The van der Waals surface area contributed by atoms with Crippen molar-refractivity contribution < 1.29 is 4.74 Å². The second kappa shape index (κ2) is 7.64. The summed E-state index contributed by atoms with van der Waals surface area (Å²) in [7, 11) is 0. The normalized spacial score (nSPS) is 16.6. The van der Waals surface area contributed by atoms with Crippen LogP contribution in [0.2, 0.25) is 0 Å². The molecule has 0 unspecified atom stereocenters. The van der Waals surface area contributed by atoms with Crippen LogP contribution in [-0.4, -0.2) is 41.1 Å². The summed E-state index contributed by atoms with van der Waals surface area (Å²) in [6.07, 6.45) is 0. The van der Waals surface area contributed by atoms with Gasteiger partial charge in [0.15, 0.2) is 5.11 Å². The van der Waals surface area contributed by atoms with Gasteiger partial charge in [-0.25, -0.2) is 0 Å². The summed E-state index contributed by atoms with van der Waals surface area (Å²) in [5.41, 5.74) is 7.00. The molecule has 126 valence electrons. The fourth-order valence-corrected chi connectivity index (χ4v) is 3.16. The summed E-state index contributed by atoms with van der Waals surface area (Å²) in [6, 6.07) is 18.5. The molecule has 0 aliphatic carbocycles. The zero-order chi connectivity index (χ0) is 16.9. The first-order valence-corrected chi connectivity index (χ1v) is 8.65. The lowest BCUT2D eigenvalue weighted by atomic mass is 10.1. The van der Waals surface area contributed by atoms with Crippen molar-refractivity contribution in [3.05, 3.63) is 60.2 Å². The van der Waals surface area contributed by atoms with Gasteiger partial charge in [-0.15, -0.1) is 0 Å². The van der Waals surface area contributed by atoms with E-state index in [9.17, 15) is 0 Å². The Morgan fingerprint density at radius 3 is 2.12 bits per heavy atom. The number of piperazine rings is 1. The summed E-state index contributed by atoms with van der Waals surface area (Å²) in [5, 5.41) is 0.504. The van der Waals surface area contributed by atoms with Crippen LogP contribution in [0, 0.1) is 0 Å². The maximum Gasteiger partial charge on any atom is 0.166 e. The van der Waals surface area contributed by atoms with Crippen LogP contribution in [0.3, 0.4) is 0 Å². The Kier molecular flexibility index (Phi) is 5.33. The molecule has 0 bridgehead atoms. The summed E-state index contributed by atoms with van der Waals surface area (Å²) in [4.78, 5) is 4.52. The van der Waals surface area contributed by atoms with Crippen LogP contribution >= 0.6 is 12.2 Å². The molecule has 3 rings (SSSR count). The van der Waals surface area contributed by atoms with E-state index in [0.29, 0.717) is 11.2 Å². The van der Waals surface area contributed by atoms with Crippen molar-refractivity contribution in [2.24, 2.45) is 5.73 Å². The number of para-hydroxylation sites is 1. The molecule has 0 saturated carbocycles. The highest BCUT2D eigenvalue weighted by atomic mass is 32.1. The molecule has 1 fully saturated rings. The maximum atomic E-state index is 5.85. The van der Waals surface area contributed by atoms with Gasteiger partial charge in [0.1, 0.15) is 11.5 Å². The number of thiocarbonyl (C=S) groups is 1. The third-order valence-corrected chi connectivity index (χ3v) is 4.77. The van der Waals surface area contributed by atoms with Crippen LogP contribution in [0.1, 0.15) is 18.5 Å². The predicted molar refractivity (Wildman–Crippen MR) is 101 cm³/mol. The van der Waals surface area contributed by atoms with E-state index in [1.54, 1.807) is 0 Å². The monoisotopic (exact) mass is 341 g/mol. The molecule has 1 aliphatic rings. The van der Waals surface area contributed by atoms with Crippen molar-refractivity contribution in [2.75, 3.05) is 26.2 Å². The van der Waals surface area contributed by atoms with Gasteiger partial charge in [-0.2, -0.15) is 0 Å². The highest BCUT2D eigenvalue weighted by Gasteiger charge is 2.22. The van der Waals surface area contributed by atoms with Gasteiger partial charge in [-0.1, -0.05) is 30.3 Å². The molecule has 1 atom stereocenters. The van der Waals surface area contributed by atoms with E-state index >= 15 is 0 Å². The first kappa shape index (κ1) is 16.7.